The van der Waals surface area contributed by atoms with Crippen LogP contribution in [0.5, 0.6) is 6.01 Å². The van der Waals surface area contributed by atoms with Gasteiger partial charge in [-0.15, -0.1) is 0 Å². The summed E-state index contributed by atoms with van der Waals surface area (Å²) in [6.45, 7) is -1.98. The van der Waals surface area contributed by atoms with E-state index in [4.69, 9.17) is 16.3 Å². The molecule has 0 unspecified atom stereocenters. The average molecular weight is 820 g/mol. The summed E-state index contributed by atoms with van der Waals surface area (Å²) in [7, 11) is -2.61. The molecular formula is C34H33ClF3N9O8S. The van der Waals surface area contributed by atoms with E-state index in [2.05, 4.69) is 46.3 Å². The molecule has 1 aliphatic carbocycles. The average Bonchev–Trinajstić information content (AvgIpc) is 3.93. The molecule has 296 valence electrons. The number of hydrogen-bond donors (Lipinski definition) is 7. The van der Waals surface area contributed by atoms with E-state index >= 15 is 0 Å². The highest BCUT2D eigenvalue weighted by Crippen LogP contribution is 2.48. The number of rotatable bonds is 16. The zero-order chi connectivity index (χ0) is 40.7. The second-order valence-electron chi connectivity index (χ2n) is 12.2. The molecule has 0 radical (unpaired) electrons. The SMILES string of the molecule is CNS(=O)(=O)c1cccc(NC(=O)C(=O)NCC[C@H](NC(=O)c2ccc(Nc3nc(NC4(c5ccc(Cl)cc5)CC4)nc(OCC(F)(F)F)n3)cc2)C(=O)O)c1. The first-order valence-corrected chi connectivity index (χ1v) is 18.3. The summed E-state index contributed by atoms with van der Waals surface area (Å²) in [4.78, 5) is 61.5. The Bertz CT molecular complexity index is 2210. The summed E-state index contributed by atoms with van der Waals surface area (Å²) < 4.78 is 69.7. The first-order valence-electron chi connectivity index (χ1n) is 16.5. The highest BCUT2D eigenvalue weighted by Gasteiger charge is 2.45. The molecule has 1 heterocycles. The summed E-state index contributed by atoms with van der Waals surface area (Å²) in [5, 5.41) is 23.0. The molecule has 17 nitrogen and oxygen atoms in total. The largest absolute Gasteiger partial charge is 0.480 e. The number of ether oxygens (including phenoxy) is 1. The predicted octanol–water partition coefficient (Wildman–Crippen LogP) is 3.55. The molecule has 0 spiro atoms. The number of carbonyl (C=O) groups is 4. The molecule has 3 amide bonds. The highest BCUT2D eigenvalue weighted by molar-refractivity contribution is 7.89. The first kappa shape index (κ1) is 41.1. The van der Waals surface area contributed by atoms with Gasteiger partial charge in [0.2, 0.25) is 21.9 Å². The summed E-state index contributed by atoms with van der Waals surface area (Å²) in [6, 6.07) is 15.6. The standard InChI is InChI=1S/C34H33ClF3N9O8S/c1-39-56(53,54)24-4-2-3-23(17-24)41-28(50)27(49)40-16-13-25(29(51)52)43-26(48)19-5-11-22(12-6-19)42-30-44-31(46-32(45-30)55-18-34(36,37)38)47-33(14-15-33)20-7-9-21(35)10-8-20/h2-12,17,25,39H,13-16,18H2,1H3,(H,40,49)(H,41,50)(H,43,48)(H,51,52)(H2,42,44,45,46,47)/t25-/m0/s1. The number of halogens is 4. The number of hydrogen-bond acceptors (Lipinski definition) is 12. The van der Waals surface area contributed by atoms with Crippen molar-refractivity contribution in [2.45, 2.75) is 41.9 Å². The third kappa shape index (κ3) is 11.2. The van der Waals surface area contributed by atoms with Gasteiger partial charge < -0.3 is 36.4 Å². The number of alkyl halides is 3. The summed E-state index contributed by atoms with van der Waals surface area (Å²) >= 11 is 6.01. The van der Waals surface area contributed by atoms with Crippen LogP contribution in [0.25, 0.3) is 0 Å². The van der Waals surface area contributed by atoms with Crippen LogP contribution in [0.1, 0.15) is 35.2 Å². The minimum atomic E-state index is -4.66. The number of aromatic nitrogens is 3. The molecule has 7 N–H and O–H groups in total. The van der Waals surface area contributed by atoms with Crippen molar-refractivity contribution in [3.8, 4) is 6.01 Å². The molecule has 0 bridgehead atoms. The van der Waals surface area contributed by atoms with Gasteiger partial charge in [0, 0.05) is 28.5 Å². The number of benzene rings is 3. The van der Waals surface area contributed by atoms with Crippen molar-refractivity contribution in [2.75, 3.05) is 36.1 Å². The Hall–Kier alpha value is -6.06. The maximum absolute atomic E-state index is 12.9. The lowest BCUT2D eigenvalue weighted by Crippen LogP contribution is -2.44. The van der Waals surface area contributed by atoms with E-state index in [9.17, 15) is 45.9 Å². The van der Waals surface area contributed by atoms with E-state index in [-0.39, 0.29) is 41.0 Å². The van der Waals surface area contributed by atoms with Gasteiger partial charge in [-0.3, -0.25) is 14.4 Å². The lowest BCUT2D eigenvalue weighted by atomic mass is 10.1. The molecule has 3 aromatic carbocycles. The van der Waals surface area contributed by atoms with Crippen molar-refractivity contribution < 1.29 is 50.6 Å². The smallest absolute Gasteiger partial charge is 0.422 e. The fraction of sp³-hybridized carbons (Fsp3) is 0.265. The van der Waals surface area contributed by atoms with Crippen LogP contribution in [-0.4, -0.2) is 84.6 Å². The third-order valence-electron chi connectivity index (χ3n) is 8.08. The Morgan fingerprint density at radius 1 is 0.929 bits per heavy atom. The molecule has 22 heteroatoms. The number of carboxylic acid groups (broad SMARTS) is 1. The number of anilines is 4. The zero-order valence-electron chi connectivity index (χ0n) is 29.1. The maximum atomic E-state index is 12.9. The van der Waals surface area contributed by atoms with Crippen LogP contribution < -0.4 is 36.0 Å². The van der Waals surface area contributed by atoms with E-state index in [1.165, 1.54) is 49.5 Å². The van der Waals surface area contributed by atoms with Crippen molar-refractivity contribution in [1.29, 1.82) is 0 Å². The highest BCUT2D eigenvalue weighted by atomic mass is 35.5. The molecule has 56 heavy (non-hydrogen) atoms. The zero-order valence-corrected chi connectivity index (χ0v) is 30.7. The molecular weight excluding hydrogens is 787 g/mol. The van der Waals surface area contributed by atoms with Gasteiger partial charge in [0.05, 0.1) is 10.4 Å². The van der Waals surface area contributed by atoms with Crippen molar-refractivity contribution >= 4 is 68.6 Å². The number of nitrogens with one attached hydrogen (secondary N) is 6. The van der Waals surface area contributed by atoms with Crippen LogP contribution in [0.15, 0.2) is 77.7 Å². The van der Waals surface area contributed by atoms with Gasteiger partial charge in [-0.2, -0.15) is 28.1 Å². The number of nitrogens with zero attached hydrogens (tertiary/aromatic N) is 3. The van der Waals surface area contributed by atoms with Crippen LogP contribution in [0.3, 0.4) is 0 Å². The predicted molar refractivity (Wildman–Crippen MR) is 195 cm³/mol. The fourth-order valence-electron chi connectivity index (χ4n) is 5.06. The Morgan fingerprint density at radius 3 is 2.23 bits per heavy atom. The van der Waals surface area contributed by atoms with Crippen LogP contribution >= 0.6 is 11.6 Å². The van der Waals surface area contributed by atoms with E-state index < -0.39 is 64.1 Å². The topological polar surface area (TPSA) is 243 Å². The summed E-state index contributed by atoms with van der Waals surface area (Å²) in [6.07, 6.45) is -3.61. The van der Waals surface area contributed by atoms with Gasteiger partial charge >= 0.3 is 30.0 Å². The van der Waals surface area contributed by atoms with Gasteiger partial charge in [-0.05, 0) is 86.5 Å². The van der Waals surface area contributed by atoms with Crippen LogP contribution in [0.4, 0.5) is 36.4 Å². The minimum absolute atomic E-state index is 0.0184. The van der Waals surface area contributed by atoms with Gasteiger partial charge in [-0.1, -0.05) is 29.8 Å². The quantitative estimate of drug-likeness (QED) is 0.0802. The minimum Gasteiger partial charge on any atom is -0.480 e. The molecule has 1 aliphatic rings. The van der Waals surface area contributed by atoms with Crippen molar-refractivity contribution in [1.82, 2.24) is 30.3 Å². The van der Waals surface area contributed by atoms with Gasteiger partial charge in [-0.25, -0.2) is 17.9 Å². The summed E-state index contributed by atoms with van der Waals surface area (Å²) in [5.74, 6) is -4.75. The normalized spacial score (nSPS) is 13.8. The molecule has 5 rings (SSSR count). The van der Waals surface area contributed by atoms with Gasteiger partial charge in [0.1, 0.15) is 6.04 Å². The Labute approximate surface area is 321 Å². The van der Waals surface area contributed by atoms with Gasteiger partial charge in [0.15, 0.2) is 6.61 Å². The van der Waals surface area contributed by atoms with E-state index in [0.29, 0.717) is 23.6 Å². The number of carboxylic acids is 1. The molecule has 1 atom stereocenters. The molecule has 1 saturated carbocycles. The molecule has 0 saturated heterocycles. The lowest BCUT2D eigenvalue weighted by Gasteiger charge is -2.19. The van der Waals surface area contributed by atoms with Crippen molar-refractivity contribution in [2.24, 2.45) is 0 Å². The Kier molecular flexibility index (Phi) is 12.6. The first-order chi connectivity index (χ1) is 26.4. The number of aliphatic carboxylic acids is 1. The van der Waals surface area contributed by atoms with Gasteiger partial charge in [0.25, 0.3) is 5.91 Å². The molecule has 1 fully saturated rings. The number of sulfonamides is 1. The monoisotopic (exact) mass is 819 g/mol. The van der Waals surface area contributed by atoms with Crippen molar-refractivity contribution in [3.63, 3.8) is 0 Å². The Morgan fingerprint density at radius 2 is 1.61 bits per heavy atom. The fourth-order valence-corrected chi connectivity index (χ4v) is 5.96. The van der Waals surface area contributed by atoms with Crippen LogP contribution in [-0.2, 0) is 29.9 Å². The number of carbonyl (C=O) groups excluding carboxylic acids is 3. The van der Waals surface area contributed by atoms with E-state index in [1.54, 1.807) is 12.1 Å². The number of amides is 3. The molecule has 1 aromatic heterocycles. The third-order valence-corrected chi connectivity index (χ3v) is 9.74. The lowest BCUT2D eigenvalue weighted by molar-refractivity contribution is -0.154. The van der Waals surface area contributed by atoms with Crippen LogP contribution in [0.2, 0.25) is 5.02 Å². The maximum Gasteiger partial charge on any atom is 0.422 e. The second-order valence-corrected chi connectivity index (χ2v) is 14.5. The summed E-state index contributed by atoms with van der Waals surface area (Å²) in [5.41, 5.74) is 0.627. The second kappa shape index (κ2) is 17.2. The Balaban J connectivity index is 1.18. The molecule has 0 aliphatic heterocycles. The van der Waals surface area contributed by atoms with E-state index in [0.717, 1.165) is 11.6 Å². The molecule has 4 aromatic rings. The van der Waals surface area contributed by atoms with Crippen LogP contribution in [0, 0.1) is 0 Å². The van der Waals surface area contributed by atoms with E-state index in [1.807, 2.05) is 12.1 Å². The van der Waals surface area contributed by atoms with Crippen molar-refractivity contribution in [3.05, 3.63) is 88.9 Å².